The van der Waals surface area contributed by atoms with Crippen molar-refractivity contribution in [3.05, 3.63) is 52.7 Å². The molecule has 23 heavy (non-hydrogen) atoms. The molecule has 1 heterocycles. The summed E-state index contributed by atoms with van der Waals surface area (Å²) >= 11 is 0. The summed E-state index contributed by atoms with van der Waals surface area (Å²) in [5.41, 5.74) is -2.16. The smallest absolute Gasteiger partial charge is 0.417 e. The van der Waals surface area contributed by atoms with Crippen LogP contribution in [-0.2, 0) is 6.18 Å². The molecule has 0 radical (unpaired) electrons. The maximum Gasteiger partial charge on any atom is 0.417 e. The fourth-order valence-corrected chi connectivity index (χ4v) is 1.80. The predicted molar refractivity (Wildman–Crippen MR) is 70.6 cm³/mol. The Hall–Kier alpha value is -2.71. The third-order valence-electron chi connectivity index (χ3n) is 3.04. The van der Waals surface area contributed by atoms with E-state index in [0.29, 0.717) is 12.3 Å². The molecular weight excluding hydrogens is 323 g/mol. The number of benzene rings is 1. The van der Waals surface area contributed by atoms with E-state index in [9.17, 15) is 26.7 Å². The molecule has 9 heteroatoms. The van der Waals surface area contributed by atoms with E-state index in [2.05, 4.69) is 10.3 Å². The van der Waals surface area contributed by atoms with Gasteiger partial charge >= 0.3 is 12.1 Å². The van der Waals surface area contributed by atoms with Gasteiger partial charge in [0.2, 0.25) is 0 Å². The molecule has 0 bridgehead atoms. The Morgan fingerprint density at radius 2 is 1.91 bits per heavy atom. The van der Waals surface area contributed by atoms with E-state index in [4.69, 9.17) is 5.11 Å². The van der Waals surface area contributed by atoms with Crippen molar-refractivity contribution in [1.82, 2.24) is 4.98 Å². The van der Waals surface area contributed by atoms with E-state index >= 15 is 0 Å². The van der Waals surface area contributed by atoms with E-state index < -0.39 is 40.7 Å². The molecule has 1 aromatic heterocycles. The number of nitrogens with one attached hydrogen (secondary N) is 1. The molecule has 0 aliphatic rings. The number of nitrogens with zero attached hydrogens (tertiary/aromatic N) is 1. The first-order valence-corrected chi connectivity index (χ1v) is 6.13. The summed E-state index contributed by atoms with van der Waals surface area (Å²) in [6, 6.07) is 2.33. The summed E-state index contributed by atoms with van der Waals surface area (Å²) in [7, 11) is 0. The fraction of sp³-hybridized carbons (Fsp3) is 0.143. The lowest BCUT2D eigenvalue weighted by Gasteiger charge is -2.13. The second-order valence-electron chi connectivity index (χ2n) is 4.58. The van der Waals surface area contributed by atoms with E-state index in [-0.39, 0.29) is 11.3 Å². The van der Waals surface area contributed by atoms with Crippen molar-refractivity contribution < 1.29 is 31.9 Å². The van der Waals surface area contributed by atoms with Gasteiger partial charge in [-0.1, -0.05) is 0 Å². The van der Waals surface area contributed by atoms with Crippen LogP contribution in [0.5, 0.6) is 0 Å². The van der Waals surface area contributed by atoms with Gasteiger partial charge in [0.05, 0.1) is 5.56 Å². The third-order valence-corrected chi connectivity index (χ3v) is 3.04. The summed E-state index contributed by atoms with van der Waals surface area (Å²) in [4.78, 5) is 14.5. The minimum absolute atomic E-state index is 0.0151. The highest BCUT2D eigenvalue weighted by molar-refractivity contribution is 5.94. The zero-order valence-electron chi connectivity index (χ0n) is 11.5. The first-order chi connectivity index (χ1) is 10.6. The van der Waals surface area contributed by atoms with Crippen LogP contribution in [0.15, 0.2) is 24.4 Å². The average Bonchev–Trinajstić information content (AvgIpc) is 2.47. The molecule has 0 atom stereocenters. The Bertz CT molecular complexity index is 774. The van der Waals surface area contributed by atoms with Crippen molar-refractivity contribution in [2.75, 3.05) is 5.32 Å². The van der Waals surface area contributed by atoms with E-state index in [1.54, 1.807) is 0 Å². The lowest BCUT2D eigenvalue weighted by molar-refractivity contribution is -0.137. The molecule has 2 aromatic rings. The molecule has 0 amide bonds. The van der Waals surface area contributed by atoms with Crippen LogP contribution in [0.3, 0.4) is 0 Å². The van der Waals surface area contributed by atoms with Gasteiger partial charge in [-0.3, -0.25) is 0 Å². The molecule has 0 saturated heterocycles. The van der Waals surface area contributed by atoms with Crippen LogP contribution in [0.4, 0.5) is 33.5 Å². The van der Waals surface area contributed by atoms with Crippen LogP contribution in [0.1, 0.15) is 21.5 Å². The minimum atomic E-state index is -4.76. The van der Waals surface area contributed by atoms with E-state index in [1.807, 2.05) is 0 Å². The number of hydrogen-bond donors (Lipinski definition) is 2. The highest BCUT2D eigenvalue weighted by atomic mass is 19.4. The highest BCUT2D eigenvalue weighted by Gasteiger charge is 2.32. The number of carboxylic acid groups (broad SMARTS) is 1. The fourth-order valence-electron chi connectivity index (χ4n) is 1.80. The van der Waals surface area contributed by atoms with E-state index in [0.717, 1.165) is 12.1 Å². The van der Waals surface area contributed by atoms with Gasteiger partial charge in [0, 0.05) is 17.4 Å². The van der Waals surface area contributed by atoms with Crippen LogP contribution in [0.2, 0.25) is 0 Å². The number of pyridine rings is 1. The number of carboxylic acids is 1. The van der Waals surface area contributed by atoms with Gasteiger partial charge in [-0.2, -0.15) is 13.2 Å². The number of carbonyl (C=O) groups is 1. The lowest BCUT2D eigenvalue weighted by Crippen LogP contribution is -2.12. The molecule has 2 rings (SSSR count). The normalized spacial score (nSPS) is 11.4. The minimum Gasteiger partial charge on any atom is -0.478 e. The number of halogens is 5. The molecule has 0 aliphatic carbocycles. The molecule has 0 saturated carbocycles. The number of aromatic nitrogens is 1. The molecule has 0 aliphatic heterocycles. The van der Waals surface area contributed by atoms with Crippen molar-refractivity contribution in [3.8, 4) is 0 Å². The second kappa shape index (κ2) is 5.82. The van der Waals surface area contributed by atoms with Crippen molar-refractivity contribution in [2.24, 2.45) is 0 Å². The highest BCUT2D eigenvalue weighted by Crippen LogP contribution is 2.32. The third kappa shape index (κ3) is 3.38. The zero-order chi connectivity index (χ0) is 17.4. The van der Waals surface area contributed by atoms with Crippen LogP contribution in [0.25, 0.3) is 0 Å². The molecule has 2 N–H and O–H groups in total. The molecule has 0 unspecified atom stereocenters. The summed E-state index contributed by atoms with van der Waals surface area (Å²) in [6.07, 6.45) is -4.31. The molecule has 4 nitrogen and oxygen atoms in total. The SMILES string of the molecule is Cc1c(Nc2ncc(C(F)(F)F)cc2C(=O)O)ccc(F)c1F. The number of aromatic carboxylic acids is 1. The Labute approximate surface area is 126 Å². The number of hydrogen-bond acceptors (Lipinski definition) is 3. The summed E-state index contributed by atoms with van der Waals surface area (Å²) < 4.78 is 64.3. The first-order valence-electron chi connectivity index (χ1n) is 6.13. The van der Waals surface area contributed by atoms with Crippen LogP contribution in [0, 0.1) is 18.6 Å². The zero-order valence-corrected chi connectivity index (χ0v) is 11.5. The first kappa shape index (κ1) is 16.7. The summed E-state index contributed by atoms with van der Waals surface area (Å²) in [5, 5.41) is 11.4. The van der Waals surface area contributed by atoms with Crippen molar-refractivity contribution in [2.45, 2.75) is 13.1 Å². The average molecular weight is 332 g/mol. The topological polar surface area (TPSA) is 62.2 Å². The lowest BCUT2D eigenvalue weighted by atomic mass is 10.1. The maximum atomic E-state index is 13.5. The predicted octanol–water partition coefficient (Wildman–Crippen LogP) is 4.13. The van der Waals surface area contributed by atoms with E-state index in [1.165, 1.54) is 6.92 Å². The van der Waals surface area contributed by atoms with Gasteiger partial charge < -0.3 is 10.4 Å². The molecule has 1 aromatic carbocycles. The largest absolute Gasteiger partial charge is 0.478 e. The second-order valence-corrected chi connectivity index (χ2v) is 4.58. The Morgan fingerprint density at radius 1 is 1.26 bits per heavy atom. The monoisotopic (exact) mass is 332 g/mol. The Balaban J connectivity index is 2.48. The van der Waals surface area contributed by atoms with Crippen molar-refractivity contribution in [1.29, 1.82) is 0 Å². The van der Waals surface area contributed by atoms with Crippen LogP contribution >= 0.6 is 0 Å². The van der Waals surface area contributed by atoms with Crippen molar-refractivity contribution in [3.63, 3.8) is 0 Å². The van der Waals surface area contributed by atoms with Gasteiger partial charge in [-0.05, 0) is 25.1 Å². The summed E-state index contributed by atoms with van der Waals surface area (Å²) in [6.45, 7) is 1.23. The molecule has 0 spiro atoms. The van der Waals surface area contributed by atoms with Gasteiger partial charge in [0.1, 0.15) is 11.4 Å². The molecule has 0 fully saturated rings. The van der Waals surface area contributed by atoms with Crippen molar-refractivity contribution >= 4 is 17.5 Å². The number of alkyl halides is 3. The van der Waals surface area contributed by atoms with Gasteiger partial charge in [-0.15, -0.1) is 0 Å². The standard InChI is InChI=1S/C14H9F5N2O2/c1-6-10(3-2-9(15)11(6)16)21-12-8(13(22)23)4-7(5-20-12)14(17,18)19/h2-5H,1H3,(H,20,21)(H,22,23). The van der Waals surface area contributed by atoms with Crippen LogP contribution < -0.4 is 5.32 Å². The Kier molecular flexibility index (Phi) is 4.22. The molecular formula is C14H9F5N2O2. The number of rotatable bonds is 3. The quantitative estimate of drug-likeness (QED) is 0.830. The Morgan fingerprint density at radius 3 is 2.48 bits per heavy atom. The van der Waals surface area contributed by atoms with Gasteiger partial charge in [0.15, 0.2) is 11.6 Å². The van der Waals surface area contributed by atoms with Gasteiger partial charge in [0.25, 0.3) is 0 Å². The number of anilines is 2. The maximum absolute atomic E-state index is 13.5. The molecule has 122 valence electrons. The van der Waals surface area contributed by atoms with Gasteiger partial charge in [-0.25, -0.2) is 18.6 Å². The van der Waals surface area contributed by atoms with Crippen LogP contribution in [-0.4, -0.2) is 16.1 Å². The summed E-state index contributed by atoms with van der Waals surface area (Å²) in [5.74, 6) is -4.32.